The summed E-state index contributed by atoms with van der Waals surface area (Å²) < 4.78 is 10.3. The van der Waals surface area contributed by atoms with Gasteiger partial charge >= 0.3 is 5.97 Å². The van der Waals surface area contributed by atoms with Crippen molar-refractivity contribution in [1.29, 1.82) is 0 Å². The molecule has 1 atom stereocenters. The number of para-hydroxylation sites is 1. The van der Waals surface area contributed by atoms with E-state index in [-0.39, 0.29) is 12.0 Å². The summed E-state index contributed by atoms with van der Waals surface area (Å²) in [7, 11) is 1.63. The smallest absolute Gasteiger partial charge is 0.337 e. The van der Waals surface area contributed by atoms with Gasteiger partial charge in [-0.05, 0) is 31.3 Å². The lowest BCUT2D eigenvalue weighted by Crippen LogP contribution is -2.20. The monoisotopic (exact) mass is 259 g/mol. The molecule has 19 heavy (non-hydrogen) atoms. The molecule has 0 fully saturated rings. The van der Waals surface area contributed by atoms with E-state index in [4.69, 9.17) is 9.47 Å². The number of methoxy groups -OCH3 is 1. The zero-order valence-corrected chi connectivity index (χ0v) is 11.1. The fourth-order valence-corrected chi connectivity index (χ4v) is 1.98. The molecule has 0 aliphatic carbocycles. The average molecular weight is 259 g/mol. The summed E-state index contributed by atoms with van der Waals surface area (Å²) in [5.41, 5.74) is 1.53. The van der Waals surface area contributed by atoms with Gasteiger partial charge in [0.2, 0.25) is 0 Å². The second-order valence-electron chi connectivity index (χ2n) is 4.06. The summed E-state index contributed by atoms with van der Waals surface area (Å²) in [6.45, 7) is 2.16. The summed E-state index contributed by atoms with van der Waals surface area (Å²) in [4.78, 5) is 11.7. The van der Waals surface area contributed by atoms with Gasteiger partial charge < -0.3 is 14.8 Å². The lowest BCUT2D eigenvalue weighted by atomic mass is 10.0. The van der Waals surface area contributed by atoms with E-state index >= 15 is 0 Å². The van der Waals surface area contributed by atoms with E-state index in [0.717, 1.165) is 11.3 Å². The largest absolute Gasteiger partial charge is 0.496 e. The Morgan fingerprint density at radius 2 is 2.16 bits per heavy atom. The van der Waals surface area contributed by atoms with E-state index in [0.29, 0.717) is 12.2 Å². The molecule has 1 aliphatic heterocycles. The molecule has 1 aromatic rings. The van der Waals surface area contributed by atoms with Gasteiger partial charge in [0.05, 0.1) is 25.3 Å². The van der Waals surface area contributed by atoms with Gasteiger partial charge in [0.15, 0.2) is 0 Å². The Labute approximate surface area is 112 Å². The number of benzene rings is 1. The quantitative estimate of drug-likeness (QED) is 0.843. The number of ether oxygens (including phenoxy) is 2. The van der Waals surface area contributed by atoms with Crippen LogP contribution in [0.25, 0.3) is 0 Å². The first-order valence-electron chi connectivity index (χ1n) is 6.20. The summed E-state index contributed by atoms with van der Waals surface area (Å²) in [5.74, 6) is 0.481. The van der Waals surface area contributed by atoms with Crippen LogP contribution in [0, 0.1) is 0 Å². The van der Waals surface area contributed by atoms with Crippen molar-refractivity contribution in [2.45, 2.75) is 13.0 Å². The minimum Gasteiger partial charge on any atom is -0.496 e. The maximum atomic E-state index is 11.7. The van der Waals surface area contributed by atoms with Crippen LogP contribution in [0.2, 0.25) is 0 Å². The topological polar surface area (TPSA) is 47.6 Å². The molecular formula is C15H17NO3. The fraction of sp³-hybridized carbons (Fsp3) is 0.267. The van der Waals surface area contributed by atoms with Crippen molar-refractivity contribution < 1.29 is 14.3 Å². The number of dihydropyridines is 1. The summed E-state index contributed by atoms with van der Waals surface area (Å²) >= 11 is 0. The third kappa shape index (κ3) is 2.96. The molecule has 1 N–H and O–H groups in total. The lowest BCUT2D eigenvalue weighted by Gasteiger charge is -2.20. The molecule has 4 heteroatoms. The van der Waals surface area contributed by atoms with E-state index < -0.39 is 0 Å². The van der Waals surface area contributed by atoms with Gasteiger partial charge in [0.25, 0.3) is 0 Å². The Bertz CT molecular complexity index is 520. The number of esters is 1. The Morgan fingerprint density at radius 1 is 1.37 bits per heavy atom. The Kier molecular flexibility index (Phi) is 4.23. The molecule has 1 heterocycles. The second-order valence-corrected chi connectivity index (χ2v) is 4.06. The van der Waals surface area contributed by atoms with Crippen LogP contribution in [0.4, 0.5) is 0 Å². The molecule has 100 valence electrons. The van der Waals surface area contributed by atoms with E-state index in [1.54, 1.807) is 26.3 Å². The zero-order chi connectivity index (χ0) is 13.7. The Hall–Kier alpha value is -2.23. The van der Waals surface area contributed by atoms with Crippen LogP contribution < -0.4 is 10.1 Å². The van der Waals surface area contributed by atoms with Crippen molar-refractivity contribution in [1.82, 2.24) is 5.32 Å². The molecule has 0 bridgehead atoms. The van der Waals surface area contributed by atoms with Crippen LogP contribution in [-0.4, -0.2) is 19.7 Å². The number of carbonyl (C=O) groups is 1. The number of hydrogen-bond acceptors (Lipinski definition) is 4. The average Bonchev–Trinajstić information content (AvgIpc) is 2.47. The predicted octanol–water partition coefficient (Wildman–Crippen LogP) is 2.34. The van der Waals surface area contributed by atoms with Crippen LogP contribution in [0.5, 0.6) is 5.75 Å². The minimum absolute atomic E-state index is 0.0967. The number of rotatable bonds is 4. The molecule has 0 saturated carbocycles. The minimum atomic E-state index is -0.305. The van der Waals surface area contributed by atoms with Crippen molar-refractivity contribution >= 4 is 5.97 Å². The molecule has 0 amide bonds. The highest BCUT2D eigenvalue weighted by Crippen LogP contribution is 2.28. The predicted molar refractivity (Wildman–Crippen MR) is 72.7 cm³/mol. The first kappa shape index (κ1) is 13.2. The standard InChI is InChI=1S/C15H17NO3/c1-3-19-15(17)11-8-9-16-13(10-11)12-6-4-5-7-14(12)18-2/h4-10,13,16H,3H2,1-2H3. The molecule has 2 rings (SSSR count). The van der Waals surface area contributed by atoms with Gasteiger partial charge in [-0.25, -0.2) is 4.79 Å². The third-order valence-corrected chi connectivity index (χ3v) is 2.87. The van der Waals surface area contributed by atoms with Gasteiger partial charge in [-0.1, -0.05) is 18.2 Å². The Balaban J connectivity index is 2.26. The van der Waals surface area contributed by atoms with Crippen LogP contribution in [0.15, 0.2) is 48.2 Å². The highest BCUT2D eigenvalue weighted by molar-refractivity contribution is 5.92. The van der Waals surface area contributed by atoms with Crippen molar-refractivity contribution in [3.05, 3.63) is 53.8 Å². The van der Waals surface area contributed by atoms with Crippen molar-refractivity contribution in [3.63, 3.8) is 0 Å². The van der Waals surface area contributed by atoms with E-state index in [2.05, 4.69) is 5.32 Å². The number of carbonyl (C=O) groups excluding carboxylic acids is 1. The van der Waals surface area contributed by atoms with Gasteiger partial charge in [-0.15, -0.1) is 0 Å². The number of hydrogen-bond donors (Lipinski definition) is 1. The van der Waals surface area contributed by atoms with Crippen LogP contribution in [0.1, 0.15) is 18.5 Å². The van der Waals surface area contributed by atoms with Crippen molar-refractivity contribution in [3.8, 4) is 5.75 Å². The first-order chi connectivity index (χ1) is 9.26. The van der Waals surface area contributed by atoms with Crippen molar-refractivity contribution in [2.24, 2.45) is 0 Å². The summed E-state index contributed by atoms with van der Waals surface area (Å²) in [5, 5.41) is 3.19. The molecule has 1 unspecified atom stereocenters. The highest BCUT2D eigenvalue weighted by Gasteiger charge is 2.18. The second kappa shape index (κ2) is 6.09. The highest BCUT2D eigenvalue weighted by atomic mass is 16.5. The Morgan fingerprint density at radius 3 is 2.89 bits per heavy atom. The molecule has 1 aliphatic rings. The summed E-state index contributed by atoms with van der Waals surface area (Å²) in [6, 6.07) is 7.62. The SMILES string of the molecule is CCOC(=O)C1=CC(c2ccccc2OC)NC=C1. The molecule has 0 aromatic heterocycles. The maximum Gasteiger partial charge on any atom is 0.337 e. The van der Waals surface area contributed by atoms with Crippen LogP contribution in [-0.2, 0) is 9.53 Å². The first-order valence-corrected chi connectivity index (χ1v) is 6.20. The third-order valence-electron chi connectivity index (χ3n) is 2.87. The molecule has 1 aromatic carbocycles. The zero-order valence-electron chi connectivity index (χ0n) is 11.1. The van der Waals surface area contributed by atoms with Crippen molar-refractivity contribution in [2.75, 3.05) is 13.7 Å². The molecule has 4 nitrogen and oxygen atoms in total. The van der Waals surface area contributed by atoms with E-state index in [1.165, 1.54) is 0 Å². The van der Waals surface area contributed by atoms with Crippen LogP contribution in [0.3, 0.4) is 0 Å². The molecule has 0 radical (unpaired) electrons. The number of nitrogens with one attached hydrogen (secondary N) is 1. The van der Waals surface area contributed by atoms with Gasteiger partial charge in [0, 0.05) is 5.56 Å². The normalized spacial score (nSPS) is 17.4. The van der Waals surface area contributed by atoms with Crippen LogP contribution >= 0.6 is 0 Å². The summed E-state index contributed by atoms with van der Waals surface area (Å²) in [6.07, 6.45) is 5.31. The van der Waals surface area contributed by atoms with E-state index in [9.17, 15) is 4.79 Å². The van der Waals surface area contributed by atoms with Gasteiger partial charge in [-0.2, -0.15) is 0 Å². The van der Waals surface area contributed by atoms with Gasteiger partial charge in [0.1, 0.15) is 5.75 Å². The lowest BCUT2D eigenvalue weighted by molar-refractivity contribution is -0.138. The fourth-order valence-electron chi connectivity index (χ4n) is 1.98. The van der Waals surface area contributed by atoms with Gasteiger partial charge in [-0.3, -0.25) is 0 Å². The molecular weight excluding hydrogens is 242 g/mol. The molecule has 0 saturated heterocycles. The molecule has 0 spiro atoms. The van der Waals surface area contributed by atoms with E-state index in [1.807, 2.05) is 30.3 Å². The maximum absolute atomic E-state index is 11.7.